The van der Waals surface area contributed by atoms with Crippen molar-refractivity contribution in [1.29, 1.82) is 0 Å². The normalized spacial score (nSPS) is 21.9. The molecule has 0 radical (unpaired) electrons. The van der Waals surface area contributed by atoms with Gasteiger partial charge in [-0.3, -0.25) is 0 Å². The molecule has 0 spiro atoms. The third-order valence-corrected chi connectivity index (χ3v) is 3.79. The monoisotopic (exact) mass is 198 g/mol. The minimum absolute atomic E-state index is 0.454. The van der Waals surface area contributed by atoms with E-state index in [1.54, 1.807) is 0 Å². The molecule has 0 aliphatic carbocycles. The van der Waals surface area contributed by atoms with E-state index in [-0.39, 0.29) is 0 Å². The van der Waals surface area contributed by atoms with Crippen LogP contribution in [0.1, 0.15) is 27.7 Å². The van der Waals surface area contributed by atoms with E-state index >= 15 is 0 Å². The Morgan fingerprint density at radius 3 is 2.00 bits per heavy atom. The lowest BCUT2D eigenvalue weighted by atomic mass is 9.80. The van der Waals surface area contributed by atoms with Crippen molar-refractivity contribution in [3.63, 3.8) is 0 Å². The standard InChI is InChI=1S/C12H26N2/c1-11(2)12(3,4)10-14-8-6-13(5)7-9-14/h11H,6-10H2,1-5H3. The van der Waals surface area contributed by atoms with Crippen LogP contribution in [0.2, 0.25) is 0 Å². The van der Waals surface area contributed by atoms with Gasteiger partial charge in [-0.1, -0.05) is 27.7 Å². The minimum Gasteiger partial charge on any atom is -0.304 e. The molecule has 2 heteroatoms. The molecule has 0 N–H and O–H groups in total. The molecule has 0 bridgehead atoms. The Kier molecular flexibility index (Phi) is 3.96. The molecule has 1 saturated heterocycles. The minimum atomic E-state index is 0.454. The summed E-state index contributed by atoms with van der Waals surface area (Å²) in [5.74, 6) is 0.766. The summed E-state index contributed by atoms with van der Waals surface area (Å²) in [4.78, 5) is 5.03. The lowest BCUT2D eigenvalue weighted by Crippen LogP contribution is -2.48. The number of piperazine rings is 1. The first-order valence-corrected chi connectivity index (χ1v) is 5.83. The van der Waals surface area contributed by atoms with Crippen molar-refractivity contribution >= 4 is 0 Å². The van der Waals surface area contributed by atoms with Crippen molar-refractivity contribution in [3.05, 3.63) is 0 Å². The molecule has 2 nitrogen and oxygen atoms in total. The first-order chi connectivity index (χ1) is 6.42. The van der Waals surface area contributed by atoms with E-state index in [0.717, 1.165) is 5.92 Å². The van der Waals surface area contributed by atoms with Crippen LogP contribution in [0.5, 0.6) is 0 Å². The zero-order chi connectivity index (χ0) is 10.8. The van der Waals surface area contributed by atoms with E-state index in [1.165, 1.54) is 32.7 Å². The lowest BCUT2D eigenvalue weighted by Gasteiger charge is -2.39. The van der Waals surface area contributed by atoms with Gasteiger partial charge in [-0.15, -0.1) is 0 Å². The highest BCUT2D eigenvalue weighted by molar-refractivity contribution is 4.79. The SMILES string of the molecule is CC(C)C(C)(C)CN1CCN(C)CC1. The maximum Gasteiger partial charge on any atom is 0.0110 e. The molecule has 0 saturated carbocycles. The first-order valence-electron chi connectivity index (χ1n) is 5.83. The van der Waals surface area contributed by atoms with E-state index in [2.05, 4.69) is 44.5 Å². The van der Waals surface area contributed by atoms with E-state index < -0.39 is 0 Å². The summed E-state index contributed by atoms with van der Waals surface area (Å²) in [6, 6.07) is 0. The van der Waals surface area contributed by atoms with Crippen LogP contribution in [0.25, 0.3) is 0 Å². The summed E-state index contributed by atoms with van der Waals surface area (Å²) in [6.07, 6.45) is 0. The smallest absolute Gasteiger partial charge is 0.0110 e. The van der Waals surface area contributed by atoms with Gasteiger partial charge >= 0.3 is 0 Å². The third kappa shape index (κ3) is 3.25. The number of nitrogens with zero attached hydrogens (tertiary/aromatic N) is 2. The number of hydrogen-bond donors (Lipinski definition) is 0. The molecular formula is C12H26N2. The number of likely N-dealkylation sites (N-methyl/N-ethyl adjacent to an activating group) is 1. The highest BCUT2D eigenvalue weighted by Crippen LogP contribution is 2.27. The fourth-order valence-corrected chi connectivity index (χ4v) is 1.76. The van der Waals surface area contributed by atoms with Crippen LogP contribution in [-0.2, 0) is 0 Å². The molecule has 1 fully saturated rings. The van der Waals surface area contributed by atoms with Crippen molar-refractivity contribution in [2.45, 2.75) is 27.7 Å². The third-order valence-electron chi connectivity index (χ3n) is 3.79. The molecule has 0 unspecified atom stereocenters. The number of hydrogen-bond acceptors (Lipinski definition) is 2. The Labute approximate surface area is 89.3 Å². The summed E-state index contributed by atoms with van der Waals surface area (Å²) in [7, 11) is 2.21. The molecular weight excluding hydrogens is 172 g/mol. The highest BCUT2D eigenvalue weighted by Gasteiger charge is 2.26. The van der Waals surface area contributed by atoms with E-state index in [9.17, 15) is 0 Å². The summed E-state index contributed by atoms with van der Waals surface area (Å²) in [6.45, 7) is 15.6. The summed E-state index contributed by atoms with van der Waals surface area (Å²) >= 11 is 0. The molecule has 1 heterocycles. The van der Waals surface area contributed by atoms with Gasteiger partial charge in [0, 0.05) is 32.7 Å². The molecule has 1 aliphatic heterocycles. The molecule has 1 rings (SSSR count). The average molecular weight is 198 g/mol. The van der Waals surface area contributed by atoms with Gasteiger partial charge in [0.25, 0.3) is 0 Å². The fourth-order valence-electron chi connectivity index (χ4n) is 1.76. The maximum atomic E-state index is 2.61. The van der Waals surface area contributed by atoms with Gasteiger partial charge < -0.3 is 9.80 Å². The van der Waals surface area contributed by atoms with Gasteiger partial charge in [-0.05, 0) is 18.4 Å². The average Bonchev–Trinajstić information content (AvgIpc) is 2.08. The Morgan fingerprint density at radius 2 is 1.57 bits per heavy atom. The Balaban J connectivity index is 2.37. The van der Waals surface area contributed by atoms with Crippen LogP contribution in [0, 0.1) is 11.3 Å². The molecule has 1 aliphatic rings. The Morgan fingerprint density at radius 1 is 1.07 bits per heavy atom. The fraction of sp³-hybridized carbons (Fsp3) is 1.00. The van der Waals surface area contributed by atoms with Crippen LogP contribution in [0.3, 0.4) is 0 Å². The zero-order valence-corrected chi connectivity index (χ0v) is 10.5. The second-order valence-electron chi connectivity index (χ2n) is 5.72. The van der Waals surface area contributed by atoms with Crippen LogP contribution in [0.15, 0.2) is 0 Å². The number of rotatable bonds is 3. The molecule has 0 atom stereocenters. The van der Waals surface area contributed by atoms with Gasteiger partial charge in [0.2, 0.25) is 0 Å². The van der Waals surface area contributed by atoms with E-state index in [0.29, 0.717) is 5.41 Å². The van der Waals surface area contributed by atoms with Crippen LogP contribution >= 0.6 is 0 Å². The molecule has 14 heavy (non-hydrogen) atoms. The van der Waals surface area contributed by atoms with Crippen LogP contribution < -0.4 is 0 Å². The lowest BCUT2D eigenvalue weighted by molar-refractivity contribution is 0.0884. The van der Waals surface area contributed by atoms with Crippen molar-refractivity contribution in [3.8, 4) is 0 Å². The van der Waals surface area contributed by atoms with Crippen molar-refractivity contribution in [2.75, 3.05) is 39.8 Å². The predicted molar refractivity (Wildman–Crippen MR) is 62.6 cm³/mol. The molecule has 0 aromatic carbocycles. The van der Waals surface area contributed by atoms with Crippen molar-refractivity contribution in [1.82, 2.24) is 9.80 Å². The van der Waals surface area contributed by atoms with Gasteiger partial charge in [0.05, 0.1) is 0 Å². The van der Waals surface area contributed by atoms with Gasteiger partial charge in [0.15, 0.2) is 0 Å². The topological polar surface area (TPSA) is 6.48 Å². The first kappa shape index (κ1) is 12.0. The molecule has 0 aromatic rings. The van der Waals surface area contributed by atoms with Gasteiger partial charge in [0.1, 0.15) is 0 Å². The van der Waals surface area contributed by atoms with Crippen LogP contribution in [-0.4, -0.2) is 49.6 Å². The Bertz CT molecular complexity index is 167. The summed E-state index contributed by atoms with van der Waals surface area (Å²) in [5, 5.41) is 0. The maximum absolute atomic E-state index is 2.61. The van der Waals surface area contributed by atoms with Gasteiger partial charge in [-0.2, -0.15) is 0 Å². The van der Waals surface area contributed by atoms with Crippen LogP contribution in [0.4, 0.5) is 0 Å². The zero-order valence-electron chi connectivity index (χ0n) is 10.5. The second-order valence-corrected chi connectivity index (χ2v) is 5.72. The largest absolute Gasteiger partial charge is 0.304 e. The quantitative estimate of drug-likeness (QED) is 0.683. The van der Waals surface area contributed by atoms with Gasteiger partial charge in [-0.25, -0.2) is 0 Å². The van der Waals surface area contributed by atoms with Crippen molar-refractivity contribution in [2.24, 2.45) is 11.3 Å². The molecule has 0 aromatic heterocycles. The highest BCUT2D eigenvalue weighted by atomic mass is 15.2. The van der Waals surface area contributed by atoms with Crippen molar-refractivity contribution < 1.29 is 0 Å². The molecule has 0 amide bonds. The molecule has 84 valence electrons. The summed E-state index contributed by atoms with van der Waals surface area (Å²) in [5.41, 5.74) is 0.454. The summed E-state index contributed by atoms with van der Waals surface area (Å²) < 4.78 is 0. The van der Waals surface area contributed by atoms with E-state index in [1.807, 2.05) is 0 Å². The predicted octanol–water partition coefficient (Wildman–Crippen LogP) is 1.92. The second kappa shape index (κ2) is 4.63. The van der Waals surface area contributed by atoms with E-state index in [4.69, 9.17) is 0 Å². The Hall–Kier alpha value is -0.0800.